The molecule has 14 heavy (non-hydrogen) atoms. The van der Waals surface area contributed by atoms with Crippen LogP contribution in [0.25, 0.3) is 10.1 Å². The molecule has 2 rings (SSSR count). The number of aryl methyl sites for hydroxylation is 1. The van der Waals surface area contributed by atoms with Gasteiger partial charge in [-0.3, -0.25) is 0 Å². The number of rotatable bonds is 1. The Morgan fingerprint density at radius 1 is 1.36 bits per heavy atom. The number of alkyl halides is 2. The van der Waals surface area contributed by atoms with Gasteiger partial charge in [0.25, 0.3) is 6.43 Å². The lowest BCUT2D eigenvalue weighted by Crippen LogP contribution is -1.88. The van der Waals surface area contributed by atoms with Gasteiger partial charge in [0.15, 0.2) is 0 Å². The molecule has 1 nitrogen and oxygen atoms in total. The Balaban J connectivity index is 2.74. The van der Waals surface area contributed by atoms with Gasteiger partial charge in [0.2, 0.25) is 0 Å². The molecule has 4 heteroatoms. The van der Waals surface area contributed by atoms with Crippen molar-refractivity contribution < 1.29 is 8.78 Å². The quantitative estimate of drug-likeness (QED) is 0.767. The fourth-order valence-corrected chi connectivity index (χ4v) is 2.53. The van der Waals surface area contributed by atoms with E-state index in [2.05, 4.69) is 0 Å². The Kier molecular flexibility index (Phi) is 2.15. The number of hydrogen-bond donors (Lipinski definition) is 1. The van der Waals surface area contributed by atoms with Crippen LogP contribution in [-0.2, 0) is 0 Å². The number of hydrogen-bond acceptors (Lipinski definition) is 2. The van der Waals surface area contributed by atoms with Crippen molar-refractivity contribution in [2.24, 2.45) is 0 Å². The number of benzene rings is 1. The number of fused-ring (bicyclic) bond motifs is 1. The Morgan fingerprint density at radius 3 is 2.71 bits per heavy atom. The summed E-state index contributed by atoms with van der Waals surface area (Å²) in [5, 5.41) is 2.69. The first-order valence-corrected chi connectivity index (χ1v) is 5.03. The average Bonchev–Trinajstić information content (AvgIpc) is 2.48. The molecule has 0 fully saturated rings. The molecule has 0 saturated heterocycles. The molecule has 0 saturated carbocycles. The van der Waals surface area contributed by atoms with E-state index in [0.29, 0.717) is 5.69 Å². The Morgan fingerprint density at radius 2 is 2.07 bits per heavy atom. The predicted octanol–water partition coefficient (Wildman–Crippen LogP) is 3.73. The fraction of sp³-hybridized carbons (Fsp3) is 0.200. The molecule has 0 atom stereocenters. The third-order valence-electron chi connectivity index (χ3n) is 2.18. The maximum Gasteiger partial charge on any atom is 0.263 e. The van der Waals surface area contributed by atoms with Crippen LogP contribution in [0.3, 0.4) is 0 Å². The van der Waals surface area contributed by atoms with Crippen molar-refractivity contribution in [3.63, 3.8) is 0 Å². The van der Waals surface area contributed by atoms with Gasteiger partial charge in [0, 0.05) is 21.0 Å². The van der Waals surface area contributed by atoms with Crippen molar-refractivity contribution in [3.05, 3.63) is 28.6 Å². The summed E-state index contributed by atoms with van der Waals surface area (Å²) < 4.78 is 25.7. The number of halogens is 2. The molecule has 0 aliphatic rings. The van der Waals surface area contributed by atoms with Crippen molar-refractivity contribution >= 4 is 27.1 Å². The van der Waals surface area contributed by atoms with Crippen LogP contribution in [0, 0.1) is 6.92 Å². The molecule has 1 aromatic heterocycles. The zero-order chi connectivity index (χ0) is 10.3. The third-order valence-corrected chi connectivity index (χ3v) is 3.12. The molecular weight excluding hydrogens is 204 g/mol. The zero-order valence-corrected chi connectivity index (χ0v) is 8.37. The van der Waals surface area contributed by atoms with Crippen molar-refractivity contribution in [1.29, 1.82) is 0 Å². The van der Waals surface area contributed by atoms with Gasteiger partial charge in [-0.15, -0.1) is 11.3 Å². The zero-order valence-electron chi connectivity index (χ0n) is 7.55. The normalized spacial score (nSPS) is 11.4. The van der Waals surface area contributed by atoms with Crippen LogP contribution < -0.4 is 5.73 Å². The summed E-state index contributed by atoms with van der Waals surface area (Å²) in [6, 6.07) is 3.00. The van der Waals surface area contributed by atoms with E-state index in [1.54, 1.807) is 12.3 Å². The summed E-state index contributed by atoms with van der Waals surface area (Å²) in [5.41, 5.74) is 7.28. The van der Waals surface area contributed by atoms with E-state index in [-0.39, 0.29) is 5.56 Å². The van der Waals surface area contributed by atoms with E-state index in [9.17, 15) is 8.78 Å². The van der Waals surface area contributed by atoms with E-state index >= 15 is 0 Å². The Bertz CT molecular complexity index is 476. The summed E-state index contributed by atoms with van der Waals surface area (Å²) in [6.45, 7) is 1.80. The van der Waals surface area contributed by atoms with Crippen LogP contribution in [0.1, 0.15) is 17.6 Å². The topological polar surface area (TPSA) is 26.0 Å². The molecule has 1 aromatic carbocycles. The molecular formula is C10H9F2NS. The lowest BCUT2D eigenvalue weighted by Gasteiger charge is -2.03. The minimum absolute atomic E-state index is 0.0665. The molecule has 2 N–H and O–H groups in total. The van der Waals surface area contributed by atoms with Crippen LogP contribution in [0.4, 0.5) is 14.5 Å². The van der Waals surface area contributed by atoms with E-state index < -0.39 is 6.43 Å². The van der Waals surface area contributed by atoms with Gasteiger partial charge in [-0.25, -0.2) is 8.78 Å². The van der Waals surface area contributed by atoms with E-state index in [4.69, 9.17) is 5.73 Å². The first-order chi connectivity index (χ1) is 6.59. The number of thiophene rings is 1. The van der Waals surface area contributed by atoms with Crippen molar-refractivity contribution in [2.75, 3.05) is 5.73 Å². The van der Waals surface area contributed by atoms with Gasteiger partial charge in [-0.2, -0.15) is 0 Å². The monoisotopic (exact) mass is 213 g/mol. The van der Waals surface area contributed by atoms with Gasteiger partial charge in [0.05, 0.1) is 5.69 Å². The van der Waals surface area contributed by atoms with E-state index in [1.165, 1.54) is 23.5 Å². The van der Waals surface area contributed by atoms with Crippen molar-refractivity contribution in [1.82, 2.24) is 0 Å². The minimum Gasteiger partial charge on any atom is -0.398 e. The summed E-state index contributed by atoms with van der Waals surface area (Å²) in [5.74, 6) is 0. The molecule has 0 radical (unpaired) electrons. The first-order valence-electron chi connectivity index (χ1n) is 4.15. The highest BCUT2D eigenvalue weighted by Crippen LogP contribution is 2.34. The molecule has 0 aliphatic carbocycles. The maximum atomic E-state index is 12.5. The van der Waals surface area contributed by atoms with Crippen molar-refractivity contribution in [3.8, 4) is 0 Å². The SMILES string of the molecule is Cc1cc(C(F)F)cc2scc(N)c12. The van der Waals surface area contributed by atoms with Crippen LogP contribution in [0.15, 0.2) is 17.5 Å². The molecule has 2 aromatic rings. The molecule has 0 spiro atoms. The lowest BCUT2D eigenvalue weighted by atomic mass is 10.1. The van der Waals surface area contributed by atoms with Crippen LogP contribution in [0.2, 0.25) is 0 Å². The average molecular weight is 213 g/mol. The number of anilines is 1. The second-order valence-electron chi connectivity index (χ2n) is 3.20. The molecule has 1 heterocycles. The maximum absolute atomic E-state index is 12.5. The summed E-state index contributed by atoms with van der Waals surface area (Å²) in [4.78, 5) is 0. The summed E-state index contributed by atoms with van der Waals surface area (Å²) in [7, 11) is 0. The highest BCUT2D eigenvalue weighted by molar-refractivity contribution is 7.17. The van der Waals surface area contributed by atoms with Crippen molar-refractivity contribution in [2.45, 2.75) is 13.3 Å². The second kappa shape index (κ2) is 3.20. The smallest absolute Gasteiger partial charge is 0.263 e. The molecule has 74 valence electrons. The van der Waals surface area contributed by atoms with Gasteiger partial charge >= 0.3 is 0 Å². The highest BCUT2D eigenvalue weighted by Gasteiger charge is 2.11. The lowest BCUT2D eigenvalue weighted by molar-refractivity contribution is 0.151. The fourth-order valence-electron chi connectivity index (χ4n) is 1.56. The molecule has 0 aliphatic heterocycles. The van der Waals surface area contributed by atoms with Gasteiger partial charge < -0.3 is 5.73 Å². The molecule has 0 bridgehead atoms. The largest absolute Gasteiger partial charge is 0.398 e. The van der Waals surface area contributed by atoms with Crippen LogP contribution in [-0.4, -0.2) is 0 Å². The minimum atomic E-state index is -2.42. The third kappa shape index (κ3) is 1.35. The highest BCUT2D eigenvalue weighted by atomic mass is 32.1. The van der Waals surface area contributed by atoms with Crippen LogP contribution in [0.5, 0.6) is 0 Å². The molecule has 0 unspecified atom stereocenters. The molecule has 0 amide bonds. The first kappa shape index (κ1) is 9.40. The second-order valence-corrected chi connectivity index (χ2v) is 4.11. The summed E-state index contributed by atoms with van der Waals surface area (Å²) in [6.07, 6.45) is -2.42. The standard InChI is InChI=1S/C10H9F2NS/c1-5-2-6(10(11)12)3-8-9(5)7(13)4-14-8/h2-4,10H,13H2,1H3. The Hall–Kier alpha value is -1.16. The van der Waals surface area contributed by atoms with Gasteiger partial charge in [0.1, 0.15) is 0 Å². The van der Waals surface area contributed by atoms with Gasteiger partial charge in [-0.05, 0) is 24.6 Å². The number of nitrogen functional groups attached to an aromatic ring is 1. The van der Waals surface area contributed by atoms with Gasteiger partial charge in [-0.1, -0.05) is 0 Å². The Labute approximate surface area is 84.2 Å². The number of nitrogens with two attached hydrogens (primary N) is 1. The van der Waals surface area contributed by atoms with Crippen LogP contribution >= 0.6 is 11.3 Å². The predicted molar refractivity (Wildman–Crippen MR) is 55.9 cm³/mol. The van der Waals surface area contributed by atoms with E-state index in [0.717, 1.165) is 15.6 Å². The van der Waals surface area contributed by atoms with E-state index in [1.807, 2.05) is 0 Å². The summed E-state index contributed by atoms with van der Waals surface area (Å²) >= 11 is 1.40.